The molecule has 0 spiro atoms. The molecule has 1 aromatic heterocycles. The van der Waals surface area contributed by atoms with Gasteiger partial charge in [-0.1, -0.05) is 0 Å². The summed E-state index contributed by atoms with van der Waals surface area (Å²) < 4.78 is 14.3. The molecule has 0 bridgehead atoms. The molecule has 1 fully saturated rings. The molecule has 0 saturated heterocycles. The van der Waals surface area contributed by atoms with Gasteiger partial charge in [0.2, 0.25) is 0 Å². The van der Waals surface area contributed by atoms with Gasteiger partial charge in [0.25, 0.3) is 5.56 Å². The van der Waals surface area contributed by atoms with Gasteiger partial charge in [0.1, 0.15) is 11.2 Å². The summed E-state index contributed by atoms with van der Waals surface area (Å²) in [6.07, 6.45) is 2.21. The molecule has 5 heteroatoms. The van der Waals surface area contributed by atoms with E-state index in [1.165, 1.54) is 0 Å². The lowest BCUT2D eigenvalue weighted by atomic mass is 10.1. The summed E-state index contributed by atoms with van der Waals surface area (Å²) in [5, 5.41) is 0. The van der Waals surface area contributed by atoms with E-state index in [2.05, 4.69) is 25.9 Å². The van der Waals surface area contributed by atoms with Crippen molar-refractivity contribution in [2.45, 2.75) is 25.7 Å². The Kier molecular flexibility index (Phi) is 2.33. The van der Waals surface area contributed by atoms with Gasteiger partial charge in [-0.3, -0.25) is 4.79 Å². The number of fused-ring (bicyclic) bond motifs is 1. The van der Waals surface area contributed by atoms with E-state index >= 15 is 0 Å². The molecule has 88 valence electrons. The molecule has 0 unspecified atom stereocenters. The Morgan fingerprint density at radius 2 is 2.24 bits per heavy atom. The van der Waals surface area contributed by atoms with Crippen LogP contribution in [0.2, 0.25) is 0 Å². The van der Waals surface area contributed by atoms with Crippen molar-refractivity contribution in [3.63, 3.8) is 0 Å². The van der Waals surface area contributed by atoms with Crippen LogP contribution in [-0.4, -0.2) is 9.97 Å². The van der Waals surface area contributed by atoms with E-state index in [4.69, 9.17) is 0 Å². The van der Waals surface area contributed by atoms with Crippen molar-refractivity contribution in [1.82, 2.24) is 9.97 Å². The van der Waals surface area contributed by atoms with Crippen molar-refractivity contribution >= 4 is 27.0 Å². The van der Waals surface area contributed by atoms with Gasteiger partial charge < -0.3 is 4.98 Å². The average Bonchev–Trinajstić information content (AvgIpc) is 3.10. The zero-order chi connectivity index (χ0) is 12.2. The largest absolute Gasteiger partial charge is 0.317 e. The van der Waals surface area contributed by atoms with Crippen LogP contribution in [-0.2, 0) is 0 Å². The van der Waals surface area contributed by atoms with E-state index in [9.17, 15) is 9.18 Å². The molecule has 1 N–H and O–H groups in total. The minimum absolute atomic E-state index is 0.205. The first-order chi connectivity index (χ1) is 8.08. The van der Waals surface area contributed by atoms with E-state index < -0.39 is 5.82 Å². The first kappa shape index (κ1) is 10.9. The average molecular weight is 297 g/mol. The molecule has 1 heterocycles. The summed E-state index contributed by atoms with van der Waals surface area (Å²) in [5.74, 6) is 0.00111. The van der Waals surface area contributed by atoms with Gasteiger partial charge in [-0.25, -0.2) is 9.37 Å². The van der Waals surface area contributed by atoms with Crippen LogP contribution in [0, 0.1) is 12.7 Å². The van der Waals surface area contributed by atoms with Crippen LogP contribution in [0.3, 0.4) is 0 Å². The third kappa shape index (κ3) is 1.69. The van der Waals surface area contributed by atoms with Gasteiger partial charge in [-0.2, -0.15) is 0 Å². The van der Waals surface area contributed by atoms with Gasteiger partial charge in [-0.15, -0.1) is 0 Å². The fourth-order valence-corrected chi connectivity index (χ4v) is 2.44. The molecule has 1 aliphatic rings. The molecule has 0 atom stereocenters. The summed E-state index contributed by atoms with van der Waals surface area (Å²) in [4.78, 5) is 18.3. The highest BCUT2D eigenvalue weighted by atomic mass is 79.9. The summed E-state index contributed by atoms with van der Waals surface area (Å²) in [6.45, 7) is 1.63. The SMILES string of the molecule is Cc1nc2c(C3CC3)cc(Br)c(F)c2[nH]c1=O. The van der Waals surface area contributed by atoms with Crippen molar-refractivity contribution in [2.75, 3.05) is 0 Å². The van der Waals surface area contributed by atoms with Crippen molar-refractivity contribution in [3.05, 3.63) is 38.0 Å². The van der Waals surface area contributed by atoms with Crippen LogP contribution >= 0.6 is 15.9 Å². The third-order valence-corrected chi connectivity index (χ3v) is 3.66. The minimum atomic E-state index is -0.450. The predicted molar refractivity (Wildman–Crippen MR) is 66.7 cm³/mol. The maximum absolute atomic E-state index is 13.9. The molecule has 17 heavy (non-hydrogen) atoms. The van der Waals surface area contributed by atoms with Crippen molar-refractivity contribution in [3.8, 4) is 0 Å². The number of rotatable bonds is 1. The number of nitrogens with zero attached hydrogens (tertiary/aromatic N) is 1. The van der Waals surface area contributed by atoms with Crippen molar-refractivity contribution in [2.24, 2.45) is 0 Å². The predicted octanol–water partition coefficient (Wildman–Crippen LogP) is 3.01. The van der Waals surface area contributed by atoms with E-state index in [1.54, 1.807) is 13.0 Å². The fourth-order valence-electron chi connectivity index (χ4n) is 2.00. The maximum Gasteiger partial charge on any atom is 0.269 e. The number of aromatic amines is 1. The van der Waals surface area contributed by atoms with Crippen LogP contribution in [0.25, 0.3) is 11.0 Å². The summed E-state index contributed by atoms with van der Waals surface area (Å²) in [6, 6.07) is 1.78. The second-order valence-corrected chi connectivity index (χ2v) is 5.27. The second-order valence-electron chi connectivity index (χ2n) is 4.41. The van der Waals surface area contributed by atoms with Gasteiger partial charge >= 0.3 is 0 Å². The number of benzene rings is 1. The van der Waals surface area contributed by atoms with Crippen LogP contribution in [0.5, 0.6) is 0 Å². The van der Waals surface area contributed by atoms with E-state index in [0.29, 0.717) is 21.6 Å². The second kappa shape index (κ2) is 3.63. The van der Waals surface area contributed by atoms with Crippen LogP contribution in [0.15, 0.2) is 15.3 Å². The highest BCUT2D eigenvalue weighted by molar-refractivity contribution is 9.10. The summed E-state index contributed by atoms with van der Waals surface area (Å²) in [7, 11) is 0. The topological polar surface area (TPSA) is 45.8 Å². The quantitative estimate of drug-likeness (QED) is 0.879. The molecule has 1 saturated carbocycles. The lowest BCUT2D eigenvalue weighted by molar-refractivity contribution is 0.628. The standard InChI is InChI=1S/C12H10BrFN2O/c1-5-12(17)16-11-9(14)8(13)4-7(6-2-3-6)10(11)15-5/h4,6H,2-3H2,1H3,(H,16,17). The van der Waals surface area contributed by atoms with E-state index in [-0.39, 0.29) is 11.1 Å². The Labute approximate surface area is 105 Å². The molecule has 1 aromatic carbocycles. The molecule has 3 nitrogen and oxygen atoms in total. The van der Waals surface area contributed by atoms with Crippen molar-refractivity contribution in [1.29, 1.82) is 0 Å². The molecule has 0 aliphatic heterocycles. The molecular formula is C12H10BrFN2O. The smallest absolute Gasteiger partial charge is 0.269 e. The van der Waals surface area contributed by atoms with Gasteiger partial charge in [0.05, 0.1) is 9.99 Å². The molecular weight excluding hydrogens is 287 g/mol. The van der Waals surface area contributed by atoms with Gasteiger partial charge in [-0.05, 0) is 53.2 Å². The Morgan fingerprint density at radius 3 is 2.88 bits per heavy atom. The highest BCUT2D eigenvalue weighted by Gasteiger charge is 2.28. The summed E-state index contributed by atoms with van der Waals surface area (Å²) >= 11 is 3.18. The first-order valence-electron chi connectivity index (χ1n) is 5.46. The third-order valence-electron chi connectivity index (χ3n) is 3.09. The number of hydrogen-bond donors (Lipinski definition) is 1. The Balaban J connectivity index is 2.45. The van der Waals surface area contributed by atoms with Crippen molar-refractivity contribution < 1.29 is 4.39 Å². The maximum atomic E-state index is 13.9. The van der Waals surface area contributed by atoms with E-state index in [0.717, 1.165) is 18.4 Å². The van der Waals surface area contributed by atoms with Crippen LogP contribution in [0.1, 0.15) is 30.0 Å². The Hall–Kier alpha value is -1.23. The van der Waals surface area contributed by atoms with E-state index in [1.807, 2.05) is 0 Å². The molecule has 0 radical (unpaired) electrons. The zero-order valence-corrected chi connectivity index (χ0v) is 10.8. The minimum Gasteiger partial charge on any atom is -0.317 e. The first-order valence-corrected chi connectivity index (χ1v) is 6.25. The monoisotopic (exact) mass is 296 g/mol. The molecule has 1 aliphatic carbocycles. The number of halogens is 2. The lowest BCUT2D eigenvalue weighted by Gasteiger charge is -2.08. The number of H-pyrrole nitrogens is 1. The number of aromatic nitrogens is 2. The zero-order valence-electron chi connectivity index (χ0n) is 9.18. The van der Waals surface area contributed by atoms with Gasteiger partial charge in [0.15, 0.2) is 5.82 Å². The van der Waals surface area contributed by atoms with Gasteiger partial charge in [0, 0.05) is 0 Å². The number of nitrogens with one attached hydrogen (secondary N) is 1. The van der Waals surface area contributed by atoms with Crippen LogP contribution in [0.4, 0.5) is 4.39 Å². The Morgan fingerprint density at radius 1 is 1.53 bits per heavy atom. The van der Waals surface area contributed by atoms with Crippen LogP contribution < -0.4 is 5.56 Å². The number of hydrogen-bond acceptors (Lipinski definition) is 2. The Bertz CT molecular complexity index is 676. The highest BCUT2D eigenvalue weighted by Crippen LogP contribution is 2.44. The lowest BCUT2D eigenvalue weighted by Crippen LogP contribution is -2.13. The summed E-state index contributed by atoms with van der Waals surface area (Å²) in [5.41, 5.74) is 1.85. The molecule has 2 aromatic rings. The fraction of sp³-hybridized carbons (Fsp3) is 0.333. The normalized spacial score (nSPS) is 15.5. The number of aryl methyl sites for hydroxylation is 1. The molecule has 0 amide bonds. The molecule has 3 rings (SSSR count).